The maximum absolute atomic E-state index is 9.00. The molecular weight excluding hydrogens is 304 g/mol. The van der Waals surface area contributed by atoms with Crippen molar-refractivity contribution in [2.45, 2.75) is 6.92 Å². The van der Waals surface area contributed by atoms with Crippen LogP contribution in [0.4, 0.5) is 0 Å². The van der Waals surface area contributed by atoms with Gasteiger partial charge in [0.15, 0.2) is 0 Å². The molecule has 0 radical (unpaired) electrons. The first-order chi connectivity index (χ1) is 1.73. The summed E-state index contributed by atoms with van der Waals surface area (Å²) in [6.45, 7) is 1.08. The maximum atomic E-state index is 9.00. The van der Waals surface area contributed by atoms with Crippen LogP contribution in [0.3, 0.4) is 0 Å². The van der Waals surface area contributed by atoms with Gasteiger partial charge >= 0.3 is 0 Å². The minimum atomic E-state index is -0.833. The largest absolute Gasteiger partial charge is 0.481 e. The van der Waals surface area contributed by atoms with Crippen molar-refractivity contribution in [1.29, 1.82) is 0 Å². The molecule has 0 fully saturated rings. The van der Waals surface area contributed by atoms with Crippen molar-refractivity contribution in [3.8, 4) is 0 Å². The van der Waals surface area contributed by atoms with Crippen LogP contribution in [0.1, 0.15) is 6.92 Å². The van der Waals surface area contributed by atoms with Crippen LogP contribution in [0.15, 0.2) is 0 Å². The van der Waals surface area contributed by atoms with Crippen LogP contribution >= 0.6 is 0 Å². The summed E-state index contributed by atoms with van der Waals surface area (Å²) in [6.07, 6.45) is 0. The molecule has 0 amide bonds. The fourth-order valence-corrected chi connectivity index (χ4v) is 0. The summed E-state index contributed by atoms with van der Waals surface area (Å²) >= 11 is 0. The predicted molar refractivity (Wildman–Crippen MR) is 27.8 cm³/mol. The number of hydrogen-bond acceptors (Lipinski definition) is 1. The Bertz CT molecular complexity index is 34.0. The van der Waals surface area contributed by atoms with Crippen LogP contribution in [0.5, 0.6) is 0 Å². The van der Waals surface area contributed by atoms with Gasteiger partial charge in [0, 0.05) is 28.0 Å². The van der Waals surface area contributed by atoms with Crippen LogP contribution in [-0.4, -0.2) is 33.0 Å². The van der Waals surface area contributed by atoms with E-state index in [0.717, 1.165) is 6.92 Å². The van der Waals surface area contributed by atoms with E-state index in [1.807, 2.05) is 0 Å². The third kappa shape index (κ3) is 101000000. The Morgan fingerprint density at radius 3 is 1.11 bits per heavy atom. The SMILES string of the molecule is CC(=O)O.O.O.O.O.[W]. The zero-order valence-electron chi connectivity index (χ0n) is 4.76. The standard InChI is InChI=1S/C2H4O2.4H2O.W/c1-2(3)4;;;;;/h1H3,(H,3,4);4*1H2;. The molecule has 6 nitrogen and oxygen atoms in total. The Morgan fingerprint density at radius 2 is 1.11 bits per heavy atom. The minimum Gasteiger partial charge on any atom is -0.481 e. The van der Waals surface area contributed by atoms with Gasteiger partial charge in [0.25, 0.3) is 5.97 Å². The van der Waals surface area contributed by atoms with Gasteiger partial charge in [-0.05, 0) is 0 Å². The van der Waals surface area contributed by atoms with E-state index < -0.39 is 5.97 Å². The van der Waals surface area contributed by atoms with Crippen LogP contribution in [0, 0.1) is 0 Å². The van der Waals surface area contributed by atoms with Gasteiger partial charge in [0.2, 0.25) is 0 Å². The molecule has 7 heteroatoms. The first kappa shape index (κ1) is 64.0. The fourth-order valence-electron chi connectivity index (χ4n) is 0. The Balaban J connectivity index is -0.00000000450. The molecule has 0 saturated carbocycles. The fraction of sp³-hybridized carbons (Fsp3) is 0.500. The normalized spacial score (nSPS) is 2.78. The Kier molecular flexibility index (Phi) is 310. The smallest absolute Gasteiger partial charge is 0.300 e. The van der Waals surface area contributed by atoms with E-state index in [1.54, 1.807) is 0 Å². The van der Waals surface area contributed by atoms with E-state index in [0.29, 0.717) is 0 Å². The molecule has 9 heavy (non-hydrogen) atoms. The zero-order valence-corrected chi connectivity index (χ0v) is 7.70. The second-order valence-electron chi connectivity index (χ2n) is 0.519. The summed E-state index contributed by atoms with van der Waals surface area (Å²) in [6, 6.07) is 0. The van der Waals surface area contributed by atoms with E-state index in [-0.39, 0.29) is 43.0 Å². The summed E-state index contributed by atoms with van der Waals surface area (Å²) in [5.41, 5.74) is 0. The maximum Gasteiger partial charge on any atom is 0.300 e. The van der Waals surface area contributed by atoms with Gasteiger partial charge in [0.1, 0.15) is 0 Å². The first-order valence-electron chi connectivity index (χ1n) is 0.928. The molecule has 0 rings (SSSR count). The van der Waals surface area contributed by atoms with E-state index in [1.165, 1.54) is 0 Å². The molecule has 0 aromatic heterocycles. The molecule has 0 bridgehead atoms. The molecule has 0 aliphatic heterocycles. The van der Waals surface area contributed by atoms with E-state index in [4.69, 9.17) is 9.90 Å². The Hall–Kier alpha value is -0.00169. The van der Waals surface area contributed by atoms with Crippen molar-refractivity contribution in [3.63, 3.8) is 0 Å². The summed E-state index contributed by atoms with van der Waals surface area (Å²) in [5, 5.41) is 7.42. The minimum absolute atomic E-state index is 0. The van der Waals surface area contributed by atoms with Crippen molar-refractivity contribution in [2.75, 3.05) is 0 Å². The molecule has 0 aromatic rings. The number of rotatable bonds is 0. The quantitative estimate of drug-likeness (QED) is 0.498. The van der Waals surface area contributed by atoms with Gasteiger partial charge in [-0.25, -0.2) is 0 Å². The van der Waals surface area contributed by atoms with Crippen molar-refractivity contribution in [2.24, 2.45) is 0 Å². The predicted octanol–water partition coefficient (Wildman–Crippen LogP) is -3.21. The molecule has 0 saturated heterocycles. The van der Waals surface area contributed by atoms with Crippen LogP contribution in [-0.2, 0) is 25.9 Å². The number of aliphatic carboxylic acids is 1. The summed E-state index contributed by atoms with van der Waals surface area (Å²) in [5.74, 6) is -0.833. The summed E-state index contributed by atoms with van der Waals surface area (Å²) in [7, 11) is 0. The van der Waals surface area contributed by atoms with Gasteiger partial charge in [-0.15, -0.1) is 0 Å². The van der Waals surface area contributed by atoms with E-state index >= 15 is 0 Å². The third-order valence-electron chi connectivity index (χ3n) is 0. The van der Waals surface area contributed by atoms with Gasteiger partial charge in [-0.3, -0.25) is 4.79 Å². The van der Waals surface area contributed by atoms with Gasteiger partial charge < -0.3 is 27.0 Å². The summed E-state index contributed by atoms with van der Waals surface area (Å²) < 4.78 is 0. The second kappa shape index (κ2) is 43.6. The van der Waals surface area contributed by atoms with E-state index in [2.05, 4.69) is 0 Å². The van der Waals surface area contributed by atoms with Crippen LogP contribution in [0.25, 0.3) is 0 Å². The van der Waals surface area contributed by atoms with Crippen LogP contribution < -0.4 is 0 Å². The van der Waals surface area contributed by atoms with Gasteiger partial charge in [0.05, 0.1) is 0 Å². The molecule has 0 atom stereocenters. The third-order valence-corrected chi connectivity index (χ3v) is 0. The average Bonchev–Trinajstić information content (AvgIpc) is 0.811. The number of hydrogen-bond donors (Lipinski definition) is 1. The Morgan fingerprint density at radius 1 is 1.11 bits per heavy atom. The molecule has 9 N–H and O–H groups in total. The second-order valence-corrected chi connectivity index (χ2v) is 0.519. The molecule has 62 valence electrons. The monoisotopic (exact) mass is 316 g/mol. The Labute approximate surface area is 66.4 Å². The van der Waals surface area contributed by atoms with Crippen molar-refractivity contribution >= 4 is 5.97 Å². The zero-order chi connectivity index (χ0) is 3.58. The van der Waals surface area contributed by atoms with Crippen molar-refractivity contribution in [1.82, 2.24) is 0 Å². The molecular formula is C2H12O6W. The first-order valence-corrected chi connectivity index (χ1v) is 0.928. The number of carboxylic acids is 1. The molecule has 0 spiro atoms. The molecule has 0 aliphatic carbocycles. The number of carbonyl (C=O) groups is 1. The molecule has 0 heterocycles. The number of carboxylic acid groups (broad SMARTS) is 1. The topological polar surface area (TPSA) is 163 Å². The molecule has 0 unspecified atom stereocenters. The van der Waals surface area contributed by atoms with E-state index in [9.17, 15) is 0 Å². The van der Waals surface area contributed by atoms with Crippen molar-refractivity contribution in [3.05, 3.63) is 0 Å². The van der Waals surface area contributed by atoms with Crippen LogP contribution in [0.2, 0.25) is 0 Å². The summed E-state index contributed by atoms with van der Waals surface area (Å²) in [4.78, 5) is 9.00. The van der Waals surface area contributed by atoms with Gasteiger partial charge in [-0.2, -0.15) is 0 Å². The molecule has 0 aliphatic rings. The van der Waals surface area contributed by atoms with Gasteiger partial charge in [-0.1, -0.05) is 0 Å². The van der Waals surface area contributed by atoms with Crippen molar-refractivity contribution < 1.29 is 52.9 Å². The average molecular weight is 316 g/mol. The molecule has 0 aromatic carbocycles.